The van der Waals surface area contributed by atoms with Gasteiger partial charge in [0, 0.05) is 69.8 Å². The zero-order valence-electron chi connectivity index (χ0n) is 25.5. The molecule has 0 radical (unpaired) electrons. The maximum Gasteiger partial charge on any atom is 0.258 e. The first-order chi connectivity index (χ1) is 19.3. The van der Waals surface area contributed by atoms with Gasteiger partial charge < -0.3 is 29.4 Å². The Morgan fingerprint density at radius 2 is 1.80 bits per heavy atom. The topological polar surface area (TPSA) is 77.0 Å². The molecule has 0 bridgehead atoms. The summed E-state index contributed by atoms with van der Waals surface area (Å²) in [5.41, 5.74) is 4.95. The highest BCUT2D eigenvalue weighted by molar-refractivity contribution is 5.81. The molecule has 220 valence electrons. The Bertz CT molecular complexity index is 1210. The number of nitrogens with one attached hydrogen (secondary N) is 2. The molecule has 0 unspecified atom stereocenters. The Morgan fingerprint density at radius 3 is 2.30 bits per heavy atom. The minimum Gasteiger partial charge on any atom is -0.496 e. The van der Waals surface area contributed by atoms with Gasteiger partial charge in [-0.25, -0.2) is 0 Å². The summed E-state index contributed by atoms with van der Waals surface area (Å²) in [6.45, 7) is 15.5. The van der Waals surface area contributed by atoms with Crippen LogP contribution in [0.5, 0.6) is 11.5 Å². The second-order valence-electron chi connectivity index (χ2n) is 10.6. The summed E-state index contributed by atoms with van der Waals surface area (Å²) in [4.78, 5) is 15.4. The zero-order chi connectivity index (χ0) is 29.3. The summed E-state index contributed by atoms with van der Waals surface area (Å²) in [7, 11) is 6.98. The quantitative estimate of drug-likeness (QED) is 0.493. The van der Waals surface area contributed by atoms with Crippen LogP contribution >= 0.6 is 0 Å². The van der Waals surface area contributed by atoms with Crippen LogP contribution in [0, 0.1) is 0 Å². The van der Waals surface area contributed by atoms with Gasteiger partial charge in [0.1, 0.15) is 11.5 Å². The molecule has 2 fully saturated rings. The van der Waals surface area contributed by atoms with Crippen LogP contribution in [0.2, 0.25) is 0 Å². The second kappa shape index (κ2) is 14.5. The molecular weight excluding hydrogens is 504 g/mol. The van der Waals surface area contributed by atoms with Gasteiger partial charge in [0.25, 0.3) is 5.56 Å². The number of morpholine rings is 1. The van der Waals surface area contributed by atoms with E-state index in [9.17, 15) is 4.79 Å². The fraction of sp³-hybridized carbons (Fsp3) is 0.531. The molecule has 2 saturated heterocycles. The molecule has 2 aliphatic heterocycles. The lowest BCUT2D eigenvalue weighted by molar-refractivity contribution is -0.101. The van der Waals surface area contributed by atoms with E-state index >= 15 is 0 Å². The summed E-state index contributed by atoms with van der Waals surface area (Å²) in [5, 5.41) is 6.58. The van der Waals surface area contributed by atoms with Crippen LogP contribution < -0.4 is 25.7 Å². The number of pyridine rings is 1. The molecule has 3 heterocycles. The van der Waals surface area contributed by atoms with Crippen molar-refractivity contribution in [3.8, 4) is 22.6 Å². The van der Waals surface area contributed by atoms with Gasteiger partial charge in [-0.15, -0.1) is 0 Å². The molecule has 0 aliphatic carbocycles. The normalized spacial score (nSPS) is 17.1. The number of allylic oxidation sites excluding steroid dienone is 1. The van der Waals surface area contributed by atoms with E-state index in [-0.39, 0.29) is 11.2 Å². The van der Waals surface area contributed by atoms with E-state index in [1.807, 2.05) is 38.4 Å². The highest BCUT2D eigenvalue weighted by Crippen LogP contribution is 2.39. The minimum absolute atomic E-state index is 0.0328. The fourth-order valence-electron chi connectivity index (χ4n) is 5.32. The van der Waals surface area contributed by atoms with E-state index in [0.29, 0.717) is 5.56 Å². The highest BCUT2D eigenvalue weighted by Gasteiger charge is 2.37. The molecule has 2 aromatic rings. The van der Waals surface area contributed by atoms with Crippen molar-refractivity contribution in [1.29, 1.82) is 0 Å². The van der Waals surface area contributed by atoms with E-state index in [1.165, 1.54) is 6.42 Å². The molecule has 2 aliphatic rings. The largest absolute Gasteiger partial charge is 0.496 e. The Kier molecular flexibility index (Phi) is 11.4. The second-order valence-corrected chi connectivity index (χ2v) is 10.6. The molecular formula is C32H48N4O4. The predicted molar refractivity (Wildman–Crippen MR) is 165 cm³/mol. The summed E-state index contributed by atoms with van der Waals surface area (Å²) in [6.07, 6.45) is 8.71. The van der Waals surface area contributed by atoms with Crippen molar-refractivity contribution < 1.29 is 14.2 Å². The number of nitrogens with zero attached hydrogens (tertiary/aromatic N) is 2. The Hall–Kier alpha value is -3.07. The van der Waals surface area contributed by atoms with Gasteiger partial charge in [-0.05, 0) is 49.1 Å². The molecule has 0 atom stereocenters. The van der Waals surface area contributed by atoms with E-state index in [0.717, 1.165) is 91.6 Å². The van der Waals surface area contributed by atoms with Crippen LogP contribution in [-0.4, -0.2) is 69.1 Å². The van der Waals surface area contributed by atoms with Gasteiger partial charge in [-0.1, -0.05) is 32.9 Å². The average molecular weight is 553 g/mol. The number of likely N-dealkylation sites (tertiary alicyclic amines) is 1. The van der Waals surface area contributed by atoms with Gasteiger partial charge in [-0.3, -0.25) is 9.69 Å². The van der Waals surface area contributed by atoms with Crippen LogP contribution in [0.25, 0.3) is 23.3 Å². The first kappa shape index (κ1) is 31.5. The Labute approximate surface area is 240 Å². The SMILES string of the molecule is C=Cc1c(-c2cc(OC)c(CN3CCC4(CC3)CNCCO4)c(OC)c2)cn(C)c(=O)c1/C=C(\C)NC.CCC. The third-order valence-electron chi connectivity index (χ3n) is 7.62. The zero-order valence-corrected chi connectivity index (χ0v) is 25.5. The van der Waals surface area contributed by atoms with Crippen LogP contribution in [0.15, 0.2) is 35.4 Å². The van der Waals surface area contributed by atoms with Crippen LogP contribution in [0.4, 0.5) is 0 Å². The molecule has 8 heteroatoms. The van der Waals surface area contributed by atoms with E-state index in [2.05, 4.69) is 36.0 Å². The van der Waals surface area contributed by atoms with Crippen molar-refractivity contribution in [1.82, 2.24) is 20.1 Å². The third-order valence-corrected chi connectivity index (χ3v) is 7.62. The van der Waals surface area contributed by atoms with Gasteiger partial charge in [0.05, 0.1) is 32.0 Å². The molecule has 1 spiro atoms. The number of ether oxygens (including phenoxy) is 3. The fourth-order valence-corrected chi connectivity index (χ4v) is 5.32. The van der Waals surface area contributed by atoms with Gasteiger partial charge in [0.15, 0.2) is 0 Å². The highest BCUT2D eigenvalue weighted by atomic mass is 16.5. The number of hydrogen-bond acceptors (Lipinski definition) is 7. The molecule has 40 heavy (non-hydrogen) atoms. The first-order valence-corrected chi connectivity index (χ1v) is 14.3. The summed E-state index contributed by atoms with van der Waals surface area (Å²) in [6, 6.07) is 4.06. The van der Waals surface area contributed by atoms with Crippen molar-refractivity contribution >= 4 is 12.2 Å². The lowest BCUT2D eigenvalue weighted by atomic mass is 9.89. The number of piperidine rings is 1. The molecule has 1 aromatic heterocycles. The van der Waals surface area contributed by atoms with Crippen molar-refractivity contribution in [2.45, 2.75) is 52.2 Å². The molecule has 4 rings (SSSR count). The van der Waals surface area contributed by atoms with Gasteiger partial charge in [-0.2, -0.15) is 0 Å². The van der Waals surface area contributed by atoms with Crippen LogP contribution in [0.1, 0.15) is 56.7 Å². The molecule has 0 saturated carbocycles. The first-order valence-electron chi connectivity index (χ1n) is 14.3. The smallest absolute Gasteiger partial charge is 0.258 e. The molecule has 8 nitrogen and oxygen atoms in total. The van der Waals surface area contributed by atoms with Crippen LogP contribution in [0.3, 0.4) is 0 Å². The van der Waals surface area contributed by atoms with Crippen LogP contribution in [-0.2, 0) is 18.3 Å². The third kappa shape index (κ3) is 7.16. The molecule has 1 aromatic carbocycles. The number of benzene rings is 1. The number of hydrogen-bond donors (Lipinski definition) is 2. The van der Waals surface area contributed by atoms with E-state index in [1.54, 1.807) is 31.9 Å². The minimum atomic E-state index is -0.0798. The lowest BCUT2D eigenvalue weighted by Crippen LogP contribution is -2.55. The van der Waals surface area contributed by atoms with Crippen molar-refractivity contribution in [2.24, 2.45) is 7.05 Å². The predicted octanol–water partition coefficient (Wildman–Crippen LogP) is 4.66. The standard InChI is InChI=1S/C29H40N4O4.C3H8/c1-7-22-23(14-20(2)30-3)28(34)32(4)17-24(22)21-15-26(35-5)25(27(16-21)36-6)18-33-11-8-29(9-12-33)19-31-10-13-37-29;1-3-2/h7,14-17,30-31H,1,8-13,18-19H2,2-6H3;3H2,1-2H3/b20-14+;. The summed E-state index contributed by atoms with van der Waals surface area (Å²) in [5.74, 6) is 1.52. The Morgan fingerprint density at radius 1 is 1.18 bits per heavy atom. The monoisotopic (exact) mass is 552 g/mol. The summed E-state index contributed by atoms with van der Waals surface area (Å²) >= 11 is 0. The number of aromatic nitrogens is 1. The van der Waals surface area contributed by atoms with Crippen molar-refractivity contribution in [3.05, 3.63) is 57.6 Å². The van der Waals surface area contributed by atoms with Gasteiger partial charge >= 0.3 is 0 Å². The number of methoxy groups -OCH3 is 2. The molecule has 2 N–H and O–H groups in total. The van der Waals surface area contributed by atoms with Crippen molar-refractivity contribution in [2.75, 3.05) is 54.1 Å². The van der Waals surface area contributed by atoms with E-state index in [4.69, 9.17) is 14.2 Å². The molecule has 0 amide bonds. The van der Waals surface area contributed by atoms with Gasteiger partial charge in [0.2, 0.25) is 0 Å². The summed E-state index contributed by atoms with van der Waals surface area (Å²) < 4.78 is 19.5. The average Bonchev–Trinajstić information content (AvgIpc) is 2.97. The van der Waals surface area contributed by atoms with Crippen molar-refractivity contribution in [3.63, 3.8) is 0 Å². The maximum atomic E-state index is 13.0. The lowest BCUT2D eigenvalue weighted by Gasteiger charge is -2.44. The number of rotatable bonds is 8. The Balaban J connectivity index is 0.00000141. The van der Waals surface area contributed by atoms with E-state index < -0.39 is 0 Å². The maximum absolute atomic E-state index is 13.0. The number of aryl methyl sites for hydroxylation is 1.